The summed E-state index contributed by atoms with van der Waals surface area (Å²) >= 11 is 0. The van der Waals surface area contributed by atoms with Crippen LogP contribution in [0.3, 0.4) is 0 Å². The number of anilines is 2. The van der Waals surface area contributed by atoms with Gasteiger partial charge < -0.3 is 19.5 Å². The fraction of sp³-hybridized carbons (Fsp3) is 0.231. The summed E-state index contributed by atoms with van der Waals surface area (Å²) in [5, 5.41) is 2.66. The molecule has 36 heavy (non-hydrogen) atoms. The molecule has 0 saturated heterocycles. The van der Waals surface area contributed by atoms with E-state index in [1.54, 1.807) is 30.3 Å². The summed E-state index contributed by atoms with van der Waals surface area (Å²) in [6.07, 6.45) is 0. The van der Waals surface area contributed by atoms with E-state index in [1.165, 1.54) is 45.6 Å². The van der Waals surface area contributed by atoms with Crippen molar-refractivity contribution in [3.05, 3.63) is 77.4 Å². The summed E-state index contributed by atoms with van der Waals surface area (Å²) in [5.41, 5.74) is 2.58. The summed E-state index contributed by atoms with van der Waals surface area (Å²) in [6, 6.07) is 15.7. The first-order chi connectivity index (χ1) is 17.1. The highest BCUT2D eigenvalue weighted by atomic mass is 32.2. The van der Waals surface area contributed by atoms with Gasteiger partial charge in [-0.1, -0.05) is 12.1 Å². The van der Waals surface area contributed by atoms with Crippen molar-refractivity contribution in [3.8, 4) is 11.5 Å². The molecule has 0 fully saturated rings. The van der Waals surface area contributed by atoms with Crippen LogP contribution in [-0.4, -0.2) is 48.2 Å². The average molecular weight is 513 g/mol. The summed E-state index contributed by atoms with van der Waals surface area (Å²) < 4.78 is 43.8. The van der Waals surface area contributed by atoms with Crippen LogP contribution >= 0.6 is 0 Å². The van der Waals surface area contributed by atoms with Gasteiger partial charge in [0.2, 0.25) is 5.91 Å². The quantitative estimate of drug-likeness (QED) is 0.432. The maximum absolute atomic E-state index is 13.8. The van der Waals surface area contributed by atoms with Crippen molar-refractivity contribution in [2.24, 2.45) is 0 Å². The Balaban J connectivity index is 2.00. The Bertz CT molecular complexity index is 1370. The molecule has 0 spiro atoms. The van der Waals surface area contributed by atoms with Crippen LogP contribution in [0, 0.1) is 13.8 Å². The van der Waals surface area contributed by atoms with Gasteiger partial charge in [0.15, 0.2) is 11.5 Å². The Morgan fingerprint density at radius 2 is 1.53 bits per heavy atom. The number of nitrogens with one attached hydrogen (secondary N) is 1. The van der Waals surface area contributed by atoms with E-state index in [2.05, 4.69) is 5.32 Å². The Kier molecular flexibility index (Phi) is 8.21. The lowest BCUT2D eigenvalue weighted by Gasteiger charge is -2.25. The van der Waals surface area contributed by atoms with Gasteiger partial charge in [0.05, 0.1) is 37.5 Å². The number of carbonyl (C=O) groups is 2. The number of hydrogen-bond donors (Lipinski definition) is 1. The third-order valence-corrected chi connectivity index (χ3v) is 7.06. The third kappa shape index (κ3) is 5.95. The van der Waals surface area contributed by atoms with Gasteiger partial charge >= 0.3 is 5.97 Å². The van der Waals surface area contributed by atoms with Crippen LogP contribution in [0.25, 0.3) is 0 Å². The van der Waals surface area contributed by atoms with E-state index in [1.807, 2.05) is 19.9 Å². The lowest BCUT2D eigenvalue weighted by Crippen LogP contribution is -2.38. The molecule has 0 heterocycles. The number of hydrogen-bond acceptors (Lipinski definition) is 7. The molecular formula is C26H28N2O7S. The molecule has 0 aliphatic rings. The fourth-order valence-corrected chi connectivity index (χ4v) is 5.11. The number of ether oxygens (including phenoxy) is 3. The minimum atomic E-state index is -4.20. The summed E-state index contributed by atoms with van der Waals surface area (Å²) in [5.74, 6) is -0.542. The SMILES string of the molecule is COC(=O)c1cccc(NC(=O)CN(c2cc(C)cc(C)c2)S(=O)(=O)c2ccc(OC)c(OC)c2)c1. The van der Waals surface area contributed by atoms with Crippen LogP contribution in [0.5, 0.6) is 11.5 Å². The summed E-state index contributed by atoms with van der Waals surface area (Å²) in [4.78, 5) is 24.8. The van der Waals surface area contributed by atoms with E-state index >= 15 is 0 Å². The number of rotatable bonds is 9. The highest BCUT2D eigenvalue weighted by Gasteiger charge is 2.29. The monoisotopic (exact) mass is 512 g/mol. The summed E-state index contributed by atoms with van der Waals surface area (Å²) in [7, 11) is -0.0767. The van der Waals surface area contributed by atoms with Crippen molar-refractivity contribution in [3.63, 3.8) is 0 Å². The molecule has 0 bridgehead atoms. The van der Waals surface area contributed by atoms with Gasteiger partial charge in [-0.05, 0) is 67.4 Å². The number of methoxy groups -OCH3 is 3. The topological polar surface area (TPSA) is 111 Å². The molecule has 0 aromatic heterocycles. The van der Waals surface area contributed by atoms with Gasteiger partial charge in [-0.25, -0.2) is 13.2 Å². The van der Waals surface area contributed by atoms with Crippen LogP contribution in [0.1, 0.15) is 21.5 Å². The van der Waals surface area contributed by atoms with Crippen molar-refractivity contribution in [1.82, 2.24) is 0 Å². The lowest BCUT2D eigenvalue weighted by atomic mass is 10.1. The van der Waals surface area contributed by atoms with E-state index in [-0.39, 0.29) is 16.2 Å². The molecule has 0 saturated carbocycles. The molecule has 1 N–H and O–H groups in total. The zero-order chi connectivity index (χ0) is 26.5. The molecule has 9 nitrogen and oxygen atoms in total. The maximum atomic E-state index is 13.8. The number of amides is 1. The number of aryl methyl sites for hydroxylation is 2. The van der Waals surface area contributed by atoms with Crippen molar-refractivity contribution >= 4 is 33.3 Å². The first-order valence-corrected chi connectivity index (χ1v) is 12.3. The van der Waals surface area contributed by atoms with Crippen LogP contribution in [-0.2, 0) is 19.6 Å². The van der Waals surface area contributed by atoms with Gasteiger partial charge in [-0.15, -0.1) is 0 Å². The number of benzene rings is 3. The second-order valence-electron chi connectivity index (χ2n) is 7.99. The van der Waals surface area contributed by atoms with Crippen molar-refractivity contribution in [2.45, 2.75) is 18.7 Å². The predicted octanol–water partition coefficient (Wildman–Crippen LogP) is 3.94. The molecule has 190 valence electrons. The molecule has 1 amide bonds. The molecule has 3 rings (SSSR count). The van der Waals surface area contributed by atoms with Gasteiger partial charge in [-0.2, -0.15) is 0 Å². The normalized spacial score (nSPS) is 10.9. The van der Waals surface area contributed by atoms with Crippen LogP contribution in [0.2, 0.25) is 0 Å². The second-order valence-corrected chi connectivity index (χ2v) is 9.86. The molecule has 0 unspecified atom stereocenters. The highest BCUT2D eigenvalue weighted by molar-refractivity contribution is 7.92. The van der Waals surface area contributed by atoms with E-state index in [0.717, 1.165) is 15.4 Å². The third-order valence-electron chi connectivity index (χ3n) is 5.29. The Labute approximate surface area is 210 Å². The minimum Gasteiger partial charge on any atom is -0.493 e. The summed E-state index contributed by atoms with van der Waals surface area (Å²) in [6.45, 7) is 3.17. The lowest BCUT2D eigenvalue weighted by molar-refractivity contribution is -0.114. The average Bonchev–Trinajstić information content (AvgIpc) is 2.85. The van der Waals surface area contributed by atoms with Crippen LogP contribution in [0.4, 0.5) is 11.4 Å². The number of esters is 1. The molecule has 3 aromatic carbocycles. The molecule has 0 aliphatic heterocycles. The Morgan fingerprint density at radius 1 is 0.861 bits per heavy atom. The Morgan fingerprint density at radius 3 is 2.14 bits per heavy atom. The number of nitrogens with zero attached hydrogens (tertiary/aromatic N) is 1. The Hall–Kier alpha value is -4.05. The molecule has 3 aromatic rings. The molecule has 10 heteroatoms. The second kappa shape index (κ2) is 11.1. The number of carbonyl (C=O) groups excluding carboxylic acids is 2. The minimum absolute atomic E-state index is 0.0696. The highest BCUT2D eigenvalue weighted by Crippen LogP contribution is 2.32. The van der Waals surface area contributed by atoms with E-state index in [9.17, 15) is 18.0 Å². The standard InChI is InChI=1S/C26H28N2O7S/c1-17-11-18(2)13-21(12-17)28(36(31,32)22-9-10-23(33-3)24(15-22)34-4)16-25(29)27-20-8-6-7-19(14-20)26(30)35-5/h6-15H,16H2,1-5H3,(H,27,29). The van der Waals surface area contributed by atoms with E-state index < -0.39 is 28.4 Å². The van der Waals surface area contributed by atoms with E-state index in [4.69, 9.17) is 14.2 Å². The van der Waals surface area contributed by atoms with Gasteiger partial charge in [0.25, 0.3) is 10.0 Å². The van der Waals surface area contributed by atoms with Gasteiger partial charge in [-0.3, -0.25) is 9.10 Å². The van der Waals surface area contributed by atoms with Crippen LogP contribution in [0.15, 0.2) is 65.6 Å². The zero-order valence-corrected chi connectivity index (χ0v) is 21.5. The van der Waals surface area contributed by atoms with Crippen molar-refractivity contribution < 1.29 is 32.2 Å². The molecule has 0 radical (unpaired) electrons. The predicted molar refractivity (Wildman–Crippen MR) is 136 cm³/mol. The first kappa shape index (κ1) is 26.6. The fourth-order valence-electron chi connectivity index (χ4n) is 3.69. The first-order valence-electron chi connectivity index (χ1n) is 10.9. The van der Waals surface area contributed by atoms with Crippen LogP contribution < -0.4 is 19.1 Å². The van der Waals surface area contributed by atoms with E-state index in [0.29, 0.717) is 17.1 Å². The van der Waals surface area contributed by atoms with Gasteiger partial charge in [0, 0.05) is 11.8 Å². The van der Waals surface area contributed by atoms with Gasteiger partial charge in [0.1, 0.15) is 6.54 Å². The van der Waals surface area contributed by atoms with Crippen molar-refractivity contribution in [2.75, 3.05) is 37.5 Å². The number of sulfonamides is 1. The smallest absolute Gasteiger partial charge is 0.337 e. The van der Waals surface area contributed by atoms with Crippen molar-refractivity contribution in [1.29, 1.82) is 0 Å². The molecule has 0 atom stereocenters. The largest absolute Gasteiger partial charge is 0.493 e. The zero-order valence-electron chi connectivity index (χ0n) is 20.7. The molecular weight excluding hydrogens is 484 g/mol. The molecule has 0 aliphatic carbocycles. The maximum Gasteiger partial charge on any atom is 0.337 e.